The van der Waals surface area contributed by atoms with E-state index >= 15 is 0 Å². The maximum atomic E-state index is 12.7. The number of likely N-dealkylation sites (tertiary alicyclic amines) is 1. The number of benzene rings is 1. The van der Waals surface area contributed by atoms with Gasteiger partial charge in [-0.25, -0.2) is 4.79 Å². The molecule has 1 atom stereocenters. The number of nitrogens with one attached hydrogen (secondary N) is 1. The molecule has 3 amide bonds. The van der Waals surface area contributed by atoms with E-state index in [-0.39, 0.29) is 30.3 Å². The number of carbonyl (C=O) groups excluding carboxylic acids is 2. The molecule has 2 aliphatic rings. The maximum absolute atomic E-state index is 12.7. The number of hydrogen-bond acceptors (Lipinski definition) is 3. The molecule has 0 radical (unpaired) electrons. The highest BCUT2D eigenvalue weighted by atomic mass is 35.5. The molecular weight excluding hydrogens is 364 g/mol. The van der Waals surface area contributed by atoms with Crippen LogP contribution < -0.4 is 5.32 Å². The largest absolute Gasteiger partial charge is 0.340 e. The minimum absolute atomic E-state index is 0. The van der Waals surface area contributed by atoms with Crippen molar-refractivity contribution in [2.24, 2.45) is 5.92 Å². The molecule has 0 spiro atoms. The molecule has 3 rings (SSSR count). The van der Waals surface area contributed by atoms with Crippen LogP contribution in [-0.2, 0) is 11.3 Å². The Balaban J connectivity index is 0.00000261. The minimum Gasteiger partial charge on any atom is -0.340 e. The molecule has 27 heavy (non-hydrogen) atoms. The number of rotatable bonds is 3. The van der Waals surface area contributed by atoms with Crippen LogP contribution in [0.15, 0.2) is 30.3 Å². The lowest BCUT2D eigenvalue weighted by Gasteiger charge is -2.38. The summed E-state index contributed by atoms with van der Waals surface area (Å²) in [4.78, 5) is 31.0. The number of halogens is 1. The van der Waals surface area contributed by atoms with Crippen molar-refractivity contribution >= 4 is 24.3 Å². The van der Waals surface area contributed by atoms with Crippen LogP contribution in [0.25, 0.3) is 0 Å². The summed E-state index contributed by atoms with van der Waals surface area (Å²) in [6.07, 6.45) is 1.53. The zero-order valence-electron chi connectivity index (χ0n) is 16.3. The summed E-state index contributed by atoms with van der Waals surface area (Å²) in [5.41, 5.74) is 1.13. The van der Waals surface area contributed by atoms with Crippen molar-refractivity contribution in [2.75, 3.05) is 39.8 Å². The molecular formula is C20H31ClN4O2. The Hall–Kier alpha value is -1.79. The second kappa shape index (κ2) is 9.95. The first-order valence-corrected chi connectivity index (χ1v) is 9.60. The summed E-state index contributed by atoms with van der Waals surface area (Å²) in [5, 5.41) is 3.37. The molecule has 1 unspecified atom stereocenters. The zero-order valence-corrected chi connectivity index (χ0v) is 17.1. The molecule has 1 aromatic rings. The maximum Gasteiger partial charge on any atom is 0.320 e. The van der Waals surface area contributed by atoms with Crippen LogP contribution in [-0.4, -0.2) is 72.5 Å². The first-order chi connectivity index (χ1) is 12.5. The van der Waals surface area contributed by atoms with E-state index in [1.807, 2.05) is 47.2 Å². The highest BCUT2D eigenvalue weighted by Crippen LogP contribution is 2.21. The van der Waals surface area contributed by atoms with Gasteiger partial charge in [0.1, 0.15) is 0 Å². The standard InChI is InChI=1S/C20H30N4O2.ClH/c1-16-14-24(13-10-21-16)19(25)18-8-11-23(12-9-18)20(26)22(2)15-17-6-4-3-5-7-17;/h3-7,16,18,21H,8-15H2,1-2H3;1H. The normalized spacial score (nSPS) is 20.7. The van der Waals surface area contributed by atoms with E-state index in [2.05, 4.69) is 12.2 Å². The zero-order chi connectivity index (χ0) is 18.5. The smallest absolute Gasteiger partial charge is 0.320 e. The molecule has 0 aromatic heterocycles. The van der Waals surface area contributed by atoms with Crippen LogP contribution in [0.1, 0.15) is 25.3 Å². The van der Waals surface area contributed by atoms with Crippen LogP contribution >= 0.6 is 12.4 Å². The van der Waals surface area contributed by atoms with Crippen LogP contribution in [0, 0.1) is 5.92 Å². The van der Waals surface area contributed by atoms with E-state index in [4.69, 9.17) is 0 Å². The second-order valence-corrected chi connectivity index (χ2v) is 7.52. The topological polar surface area (TPSA) is 55.9 Å². The quantitative estimate of drug-likeness (QED) is 0.855. The molecule has 0 saturated carbocycles. The summed E-state index contributed by atoms with van der Waals surface area (Å²) in [5.74, 6) is 0.326. The fourth-order valence-electron chi connectivity index (χ4n) is 3.87. The number of urea groups is 1. The van der Waals surface area contributed by atoms with Gasteiger partial charge >= 0.3 is 6.03 Å². The van der Waals surface area contributed by atoms with Gasteiger partial charge in [0, 0.05) is 58.3 Å². The van der Waals surface area contributed by atoms with Crippen molar-refractivity contribution in [1.29, 1.82) is 0 Å². The second-order valence-electron chi connectivity index (χ2n) is 7.52. The van der Waals surface area contributed by atoms with Gasteiger partial charge in [0.05, 0.1) is 0 Å². The molecule has 0 aliphatic carbocycles. The third-order valence-electron chi connectivity index (χ3n) is 5.38. The summed E-state index contributed by atoms with van der Waals surface area (Å²) in [6.45, 7) is 6.50. The average Bonchev–Trinajstić information content (AvgIpc) is 2.67. The van der Waals surface area contributed by atoms with Crippen LogP contribution in [0.5, 0.6) is 0 Å². The highest BCUT2D eigenvalue weighted by molar-refractivity contribution is 5.85. The Kier molecular flexibility index (Phi) is 7.92. The summed E-state index contributed by atoms with van der Waals surface area (Å²) < 4.78 is 0. The summed E-state index contributed by atoms with van der Waals surface area (Å²) in [7, 11) is 1.84. The average molecular weight is 395 g/mol. The molecule has 1 N–H and O–H groups in total. The number of piperidine rings is 1. The molecule has 6 nitrogen and oxygen atoms in total. The van der Waals surface area contributed by atoms with Crippen LogP contribution in [0.2, 0.25) is 0 Å². The number of nitrogens with zero attached hydrogens (tertiary/aromatic N) is 3. The van der Waals surface area contributed by atoms with E-state index < -0.39 is 0 Å². The van der Waals surface area contributed by atoms with Gasteiger partial charge in [-0.05, 0) is 25.3 Å². The molecule has 2 fully saturated rings. The predicted octanol–water partition coefficient (Wildman–Crippen LogP) is 2.19. The van der Waals surface area contributed by atoms with Gasteiger partial charge in [0.15, 0.2) is 0 Å². The third kappa shape index (κ3) is 5.59. The van der Waals surface area contributed by atoms with Gasteiger partial charge < -0.3 is 20.0 Å². The van der Waals surface area contributed by atoms with E-state index in [1.165, 1.54) is 0 Å². The fraction of sp³-hybridized carbons (Fsp3) is 0.600. The monoisotopic (exact) mass is 394 g/mol. The Morgan fingerprint density at radius 1 is 1.11 bits per heavy atom. The summed E-state index contributed by atoms with van der Waals surface area (Å²) >= 11 is 0. The first kappa shape index (κ1) is 21.5. The van der Waals surface area contributed by atoms with Gasteiger partial charge in [-0.2, -0.15) is 0 Å². The first-order valence-electron chi connectivity index (χ1n) is 9.60. The van der Waals surface area contributed by atoms with Gasteiger partial charge in [0.25, 0.3) is 0 Å². The predicted molar refractivity (Wildman–Crippen MR) is 109 cm³/mol. The lowest BCUT2D eigenvalue weighted by atomic mass is 9.95. The Bertz CT molecular complexity index is 620. The lowest BCUT2D eigenvalue weighted by Crippen LogP contribution is -2.54. The third-order valence-corrected chi connectivity index (χ3v) is 5.38. The Labute approximate surface area is 168 Å². The van der Waals surface area contributed by atoms with Crippen molar-refractivity contribution in [2.45, 2.75) is 32.4 Å². The Morgan fingerprint density at radius 3 is 2.41 bits per heavy atom. The van der Waals surface area contributed by atoms with Crippen LogP contribution in [0.4, 0.5) is 4.79 Å². The van der Waals surface area contributed by atoms with E-state index in [9.17, 15) is 9.59 Å². The molecule has 0 bridgehead atoms. The minimum atomic E-state index is 0. The number of amides is 3. The van der Waals surface area contributed by atoms with E-state index in [0.717, 1.165) is 38.0 Å². The number of piperazine rings is 1. The van der Waals surface area contributed by atoms with Crippen LogP contribution in [0.3, 0.4) is 0 Å². The van der Waals surface area contributed by atoms with Gasteiger partial charge in [-0.15, -0.1) is 12.4 Å². The van der Waals surface area contributed by atoms with Gasteiger partial charge in [-0.1, -0.05) is 30.3 Å². The van der Waals surface area contributed by atoms with Crippen molar-refractivity contribution in [3.05, 3.63) is 35.9 Å². The van der Waals surface area contributed by atoms with Crippen molar-refractivity contribution in [3.8, 4) is 0 Å². The van der Waals surface area contributed by atoms with Gasteiger partial charge in [0.2, 0.25) is 5.91 Å². The number of carbonyl (C=O) groups is 2. The lowest BCUT2D eigenvalue weighted by molar-refractivity contribution is -0.138. The highest BCUT2D eigenvalue weighted by Gasteiger charge is 2.32. The van der Waals surface area contributed by atoms with Crippen molar-refractivity contribution in [3.63, 3.8) is 0 Å². The Morgan fingerprint density at radius 2 is 1.78 bits per heavy atom. The molecule has 2 heterocycles. The van der Waals surface area contributed by atoms with Crippen molar-refractivity contribution < 1.29 is 9.59 Å². The molecule has 150 valence electrons. The SMILES string of the molecule is CC1CN(C(=O)C2CCN(C(=O)N(C)Cc3ccccc3)CC2)CCN1.Cl. The fourth-order valence-corrected chi connectivity index (χ4v) is 3.87. The molecule has 2 saturated heterocycles. The van der Waals surface area contributed by atoms with Gasteiger partial charge in [-0.3, -0.25) is 4.79 Å². The molecule has 2 aliphatic heterocycles. The molecule has 1 aromatic carbocycles. The van der Waals surface area contributed by atoms with E-state index in [1.54, 1.807) is 4.90 Å². The van der Waals surface area contributed by atoms with Crippen molar-refractivity contribution in [1.82, 2.24) is 20.0 Å². The summed E-state index contributed by atoms with van der Waals surface area (Å²) in [6, 6.07) is 10.4. The molecule has 7 heteroatoms. The number of hydrogen-bond donors (Lipinski definition) is 1. The van der Waals surface area contributed by atoms with E-state index in [0.29, 0.717) is 25.7 Å².